The van der Waals surface area contributed by atoms with Crippen LogP contribution in [0.5, 0.6) is 0 Å². The molecule has 0 atom stereocenters. The van der Waals surface area contributed by atoms with Crippen LogP contribution in [0.4, 0.5) is 20.6 Å². The zero-order chi connectivity index (χ0) is 17.8. The van der Waals surface area contributed by atoms with Gasteiger partial charge < -0.3 is 15.4 Å². The van der Waals surface area contributed by atoms with Gasteiger partial charge in [0.25, 0.3) is 0 Å². The van der Waals surface area contributed by atoms with Crippen LogP contribution in [0, 0.1) is 5.95 Å². The second kappa shape index (κ2) is 7.41. The van der Waals surface area contributed by atoms with Crippen molar-refractivity contribution in [3.8, 4) is 0 Å². The van der Waals surface area contributed by atoms with E-state index in [-0.39, 0.29) is 0 Å². The molecule has 0 aliphatic rings. The predicted molar refractivity (Wildman–Crippen MR) is 90.4 cm³/mol. The quantitative estimate of drug-likeness (QED) is 0.726. The number of fused-ring (bicyclic) bond motifs is 1. The highest BCUT2D eigenvalue weighted by atomic mass is 35.5. The van der Waals surface area contributed by atoms with Crippen LogP contribution in [0.1, 0.15) is 5.69 Å². The van der Waals surface area contributed by atoms with Crippen molar-refractivity contribution in [2.24, 2.45) is 0 Å². The van der Waals surface area contributed by atoms with E-state index < -0.39 is 12.0 Å². The number of amides is 2. The first-order chi connectivity index (χ1) is 12.1. The van der Waals surface area contributed by atoms with Gasteiger partial charge in [0.1, 0.15) is 0 Å². The van der Waals surface area contributed by atoms with Gasteiger partial charge in [-0.05, 0) is 6.07 Å². The second-order valence-corrected chi connectivity index (χ2v) is 5.51. The topological polar surface area (TPSA) is 93.4 Å². The highest BCUT2D eigenvalue weighted by Crippen LogP contribution is 2.19. The monoisotopic (exact) mass is 364 g/mol. The van der Waals surface area contributed by atoms with Crippen molar-refractivity contribution in [3.63, 3.8) is 0 Å². The number of hydrogen-bond acceptors (Lipinski definition) is 5. The third-order valence-electron chi connectivity index (χ3n) is 3.31. The number of carbonyl (C=O) groups is 1. The summed E-state index contributed by atoms with van der Waals surface area (Å²) in [6.45, 7) is 0.370. The van der Waals surface area contributed by atoms with E-state index in [4.69, 9.17) is 16.3 Å². The smallest absolute Gasteiger partial charge is 0.323 e. The molecule has 0 saturated carbocycles. The Labute approximate surface area is 147 Å². The molecule has 0 saturated heterocycles. The molecule has 0 aromatic carbocycles. The molecule has 25 heavy (non-hydrogen) atoms. The molecule has 2 amide bonds. The minimum Gasteiger partial charge on any atom is -0.384 e. The molecule has 8 nitrogen and oxygen atoms in total. The Bertz CT molecular complexity index is 916. The van der Waals surface area contributed by atoms with Gasteiger partial charge in [-0.1, -0.05) is 11.6 Å². The van der Waals surface area contributed by atoms with Crippen LogP contribution in [0.2, 0.25) is 5.02 Å². The molecule has 0 unspecified atom stereocenters. The summed E-state index contributed by atoms with van der Waals surface area (Å²) in [4.78, 5) is 20.2. The minimum atomic E-state index is -0.655. The SMILES string of the molecule is COCCc1c(NC(=O)Nc2cncc(Cl)c2)cnc2cc(F)nn12. The van der Waals surface area contributed by atoms with Crippen molar-refractivity contribution in [2.45, 2.75) is 6.42 Å². The van der Waals surface area contributed by atoms with E-state index in [1.807, 2.05) is 0 Å². The number of rotatable bonds is 5. The first-order valence-corrected chi connectivity index (χ1v) is 7.65. The number of methoxy groups -OCH3 is 1. The minimum absolute atomic E-state index is 0.341. The molecule has 0 fully saturated rings. The molecule has 3 aromatic rings. The fourth-order valence-corrected chi connectivity index (χ4v) is 2.44. The zero-order valence-corrected chi connectivity index (χ0v) is 13.9. The highest BCUT2D eigenvalue weighted by Gasteiger charge is 2.14. The summed E-state index contributed by atoms with van der Waals surface area (Å²) in [5.74, 6) is -0.655. The summed E-state index contributed by atoms with van der Waals surface area (Å²) in [6, 6.07) is 2.25. The summed E-state index contributed by atoms with van der Waals surface area (Å²) < 4.78 is 19.8. The molecule has 0 radical (unpaired) electrons. The summed E-state index contributed by atoms with van der Waals surface area (Å²) in [6.07, 6.45) is 4.77. The van der Waals surface area contributed by atoms with Gasteiger partial charge in [-0.15, -0.1) is 5.10 Å². The molecule has 3 rings (SSSR count). The maximum atomic E-state index is 13.4. The molecule has 0 bridgehead atoms. The normalized spacial score (nSPS) is 10.8. The first kappa shape index (κ1) is 17.1. The number of urea groups is 1. The molecule has 130 valence electrons. The van der Waals surface area contributed by atoms with Crippen molar-refractivity contribution in [2.75, 3.05) is 24.4 Å². The van der Waals surface area contributed by atoms with Gasteiger partial charge >= 0.3 is 6.03 Å². The highest BCUT2D eigenvalue weighted by molar-refractivity contribution is 6.30. The van der Waals surface area contributed by atoms with Crippen LogP contribution in [-0.2, 0) is 11.2 Å². The lowest BCUT2D eigenvalue weighted by Crippen LogP contribution is -2.22. The van der Waals surface area contributed by atoms with Crippen LogP contribution in [0.25, 0.3) is 5.65 Å². The average molecular weight is 365 g/mol. The van der Waals surface area contributed by atoms with Crippen LogP contribution in [0.3, 0.4) is 0 Å². The van der Waals surface area contributed by atoms with E-state index in [0.717, 1.165) is 0 Å². The van der Waals surface area contributed by atoms with Crippen molar-refractivity contribution >= 4 is 34.7 Å². The van der Waals surface area contributed by atoms with Crippen LogP contribution < -0.4 is 10.6 Å². The van der Waals surface area contributed by atoms with E-state index in [1.165, 1.54) is 29.2 Å². The molecule has 0 aliphatic heterocycles. The van der Waals surface area contributed by atoms with Gasteiger partial charge in [0.15, 0.2) is 5.65 Å². The standard InChI is InChI=1S/C15H14ClFN6O2/c1-25-3-2-12-11(8-19-14-5-13(17)22-23(12)14)21-15(24)20-10-4-9(16)6-18-7-10/h4-8H,2-3H2,1H3,(H2,20,21,24). The predicted octanol–water partition coefficient (Wildman–Crippen LogP) is 2.75. The number of pyridine rings is 1. The molecular formula is C15H14ClFN6O2. The Morgan fingerprint density at radius 3 is 2.92 bits per heavy atom. The lowest BCUT2D eigenvalue weighted by molar-refractivity contribution is 0.201. The summed E-state index contributed by atoms with van der Waals surface area (Å²) in [5.41, 5.74) is 1.73. The maximum absolute atomic E-state index is 13.4. The first-order valence-electron chi connectivity index (χ1n) is 7.27. The Balaban J connectivity index is 1.85. The number of carbonyl (C=O) groups excluding carboxylic acids is 1. The van der Waals surface area contributed by atoms with E-state index in [2.05, 4.69) is 25.7 Å². The van der Waals surface area contributed by atoms with Crippen LogP contribution >= 0.6 is 11.6 Å². The Morgan fingerprint density at radius 1 is 1.32 bits per heavy atom. The largest absolute Gasteiger partial charge is 0.384 e. The fraction of sp³-hybridized carbons (Fsp3) is 0.200. The molecular weight excluding hydrogens is 351 g/mol. The van der Waals surface area contributed by atoms with Gasteiger partial charge in [0.05, 0.1) is 41.1 Å². The van der Waals surface area contributed by atoms with Crippen molar-refractivity contribution in [1.82, 2.24) is 19.6 Å². The van der Waals surface area contributed by atoms with Gasteiger partial charge in [-0.3, -0.25) is 4.98 Å². The number of anilines is 2. The van der Waals surface area contributed by atoms with E-state index in [0.29, 0.717) is 40.8 Å². The van der Waals surface area contributed by atoms with Crippen LogP contribution in [0.15, 0.2) is 30.7 Å². The fourth-order valence-electron chi connectivity index (χ4n) is 2.26. The summed E-state index contributed by atoms with van der Waals surface area (Å²) >= 11 is 5.83. The number of hydrogen-bond donors (Lipinski definition) is 2. The zero-order valence-electron chi connectivity index (χ0n) is 13.2. The molecule has 3 aromatic heterocycles. The number of ether oxygens (including phenoxy) is 1. The molecule has 10 heteroatoms. The summed E-state index contributed by atoms with van der Waals surface area (Å²) in [7, 11) is 1.55. The van der Waals surface area contributed by atoms with E-state index in [9.17, 15) is 9.18 Å². The van der Waals surface area contributed by atoms with Crippen molar-refractivity contribution < 1.29 is 13.9 Å². The van der Waals surface area contributed by atoms with E-state index in [1.54, 1.807) is 13.2 Å². The van der Waals surface area contributed by atoms with Crippen LogP contribution in [-0.4, -0.2) is 39.3 Å². The van der Waals surface area contributed by atoms with Crippen molar-refractivity contribution in [3.05, 3.63) is 47.4 Å². The van der Waals surface area contributed by atoms with E-state index >= 15 is 0 Å². The number of nitrogens with one attached hydrogen (secondary N) is 2. The van der Waals surface area contributed by atoms with Gasteiger partial charge in [-0.2, -0.15) is 4.39 Å². The molecule has 2 N–H and O–H groups in total. The maximum Gasteiger partial charge on any atom is 0.323 e. The lowest BCUT2D eigenvalue weighted by atomic mass is 10.2. The summed E-state index contributed by atoms with van der Waals surface area (Å²) in [5, 5.41) is 9.43. The Kier molecular flexibility index (Phi) is 5.05. The lowest BCUT2D eigenvalue weighted by Gasteiger charge is -2.12. The third kappa shape index (κ3) is 4.01. The van der Waals surface area contributed by atoms with Crippen molar-refractivity contribution in [1.29, 1.82) is 0 Å². The third-order valence-corrected chi connectivity index (χ3v) is 3.51. The Morgan fingerprint density at radius 2 is 2.16 bits per heavy atom. The molecule has 0 aliphatic carbocycles. The van der Waals surface area contributed by atoms with Gasteiger partial charge in [0, 0.05) is 25.8 Å². The van der Waals surface area contributed by atoms with Gasteiger partial charge in [0.2, 0.25) is 5.95 Å². The van der Waals surface area contributed by atoms with Gasteiger partial charge in [-0.25, -0.2) is 14.3 Å². The molecule has 0 spiro atoms. The number of nitrogens with zero attached hydrogens (tertiary/aromatic N) is 4. The molecule has 3 heterocycles. The second-order valence-electron chi connectivity index (χ2n) is 5.07. The number of aromatic nitrogens is 4. The average Bonchev–Trinajstić information content (AvgIpc) is 2.94. The Hall–Kier alpha value is -2.78. The number of halogens is 2.